The molecule has 1 aliphatic rings. The van der Waals surface area contributed by atoms with Gasteiger partial charge in [0, 0.05) is 11.3 Å². The van der Waals surface area contributed by atoms with Crippen LogP contribution in [0.3, 0.4) is 0 Å². The quantitative estimate of drug-likeness (QED) is 0.790. The van der Waals surface area contributed by atoms with Gasteiger partial charge in [-0.25, -0.2) is 0 Å². The average Bonchev–Trinajstić information content (AvgIpc) is 3.02. The summed E-state index contributed by atoms with van der Waals surface area (Å²) in [6.45, 7) is -0.332. The second-order valence-corrected chi connectivity index (χ2v) is 7.33. The van der Waals surface area contributed by atoms with Crippen molar-refractivity contribution in [2.45, 2.75) is 38.5 Å². The van der Waals surface area contributed by atoms with Crippen molar-refractivity contribution in [2.24, 2.45) is 0 Å². The Kier molecular flexibility index (Phi) is 6.03. The summed E-state index contributed by atoms with van der Waals surface area (Å²) in [5.41, 5.74) is 2.68. The number of nitrogens with one attached hydrogen (secondary N) is 1. The van der Waals surface area contributed by atoms with E-state index in [1.807, 2.05) is 30.3 Å². The van der Waals surface area contributed by atoms with Crippen LogP contribution in [0.15, 0.2) is 30.3 Å². The Bertz CT molecular complexity index is 837. The number of nitriles is 1. The first-order chi connectivity index (χ1) is 12.7. The molecule has 0 spiro atoms. The van der Waals surface area contributed by atoms with Gasteiger partial charge in [0.2, 0.25) is 0 Å². The summed E-state index contributed by atoms with van der Waals surface area (Å²) < 4.78 is 5.04. The molecule has 1 aromatic carbocycles. The van der Waals surface area contributed by atoms with E-state index in [1.165, 1.54) is 16.2 Å². The first kappa shape index (κ1) is 18.2. The van der Waals surface area contributed by atoms with E-state index in [1.54, 1.807) is 0 Å². The van der Waals surface area contributed by atoms with Crippen LogP contribution in [0.2, 0.25) is 0 Å². The zero-order chi connectivity index (χ0) is 18.4. The Morgan fingerprint density at radius 2 is 1.96 bits per heavy atom. The topological polar surface area (TPSA) is 79.2 Å². The van der Waals surface area contributed by atoms with Crippen LogP contribution >= 0.6 is 11.3 Å². The molecule has 6 heteroatoms. The minimum absolute atomic E-state index is 0.230. The molecule has 1 amide bonds. The highest BCUT2D eigenvalue weighted by molar-refractivity contribution is 7.16. The predicted molar refractivity (Wildman–Crippen MR) is 100 cm³/mol. The van der Waals surface area contributed by atoms with Crippen molar-refractivity contribution in [3.8, 4) is 6.07 Å². The molecule has 0 fully saturated rings. The lowest BCUT2D eigenvalue weighted by Crippen LogP contribution is -2.21. The predicted octanol–water partition coefficient (Wildman–Crippen LogP) is 3.61. The zero-order valence-electron chi connectivity index (χ0n) is 14.4. The Balaban J connectivity index is 1.49. The largest absolute Gasteiger partial charge is 0.456 e. The molecule has 2 aromatic rings. The molecule has 134 valence electrons. The molecule has 5 nitrogen and oxygen atoms in total. The van der Waals surface area contributed by atoms with Gasteiger partial charge >= 0.3 is 5.97 Å². The van der Waals surface area contributed by atoms with Gasteiger partial charge in [-0.15, -0.1) is 11.3 Å². The zero-order valence-corrected chi connectivity index (χ0v) is 15.2. The number of benzene rings is 1. The number of hydrogen-bond donors (Lipinski definition) is 1. The smallest absolute Gasteiger partial charge is 0.306 e. The van der Waals surface area contributed by atoms with Gasteiger partial charge in [-0.3, -0.25) is 9.59 Å². The number of amides is 1. The highest BCUT2D eigenvalue weighted by Crippen LogP contribution is 2.37. The van der Waals surface area contributed by atoms with Crippen LogP contribution in [-0.2, 0) is 33.6 Å². The van der Waals surface area contributed by atoms with Crippen molar-refractivity contribution in [3.05, 3.63) is 51.9 Å². The first-order valence-electron chi connectivity index (χ1n) is 8.71. The standard InChI is InChI=1S/C20H20N2O3S/c21-12-16-15-8-4-5-9-17(15)26-20(16)22-18(23)13-25-19(24)11-10-14-6-2-1-3-7-14/h1-3,6-7H,4-5,8-11,13H2,(H,22,23). The summed E-state index contributed by atoms with van der Waals surface area (Å²) in [4.78, 5) is 25.1. The number of carbonyl (C=O) groups is 2. The number of rotatable bonds is 6. The third-order valence-electron chi connectivity index (χ3n) is 4.36. The number of carbonyl (C=O) groups excluding carboxylic acids is 2. The van der Waals surface area contributed by atoms with Gasteiger partial charge in [0.05, 0.1) is 5.56 Å². The number of ether oxygens (including phenoxy) is 1. The molecule has 0 radical (unpaired) electrons. The van der Waals surface area contributed by atoms with E-state index in [2.05, 4.69) is 11.4 Å². The summed E-state index contributed by atoms with van der Waals surface area (Å²) in [5.74, 6) is -0.817. The van der Waals surface area contributed by atoms with Crippen LogP contribution in [0.5, 0.6) is 0 Å². The lowest BCUT2D eigenvalue weighted by Gasteiger charge is -2.09. The van der Waals surface area contributed by atoms with Crippen LogP contribution < -0.4 is 5.32 Å². The monoisotopic (exact) mass is 368 g/mol. The second kappa shape index (κ2) is 8.63. The van der Waals surface area contributed by atoms with Crippen LogP contribution in [-0.4, -0.2) is 18.5 Å². The molecule has 0 atom stereocenters. The number of aryl methyl sites for hydroxylation is 2. The lowest BCUT2D eigenvalue weighted by molar-refractivity contribution is -0.147. The fourth-order valence-corrected chi connectivity index (χ4v) is 4.30. The highest BCUT2D eigenvalue weighted by atomic mass is 32.1. The van der Waals surface area contributed by atoms with E-state index in [9.17, 15) is 14.9 Å². The van der Waals surface area contributed by atoms with Crippen molar-refractivity contribution < 1.29 is 14.3 Å². The molecular weight excluding hydrogens is 348 g/mol. The number of anilines is 1. The van der Waals surface area contributed by atoms with Gasteiger partial charge in [-0.2, -0.15) is 5.26 Å². The van der Waals surface area contributed by atoms with Gasteiger partial charge < -0.3 is 10.1 Å². The van der Waals surface area contributed by atoms with Gasteiger partial charge in [-0.1, -0.05) is 30.3 Å². The molecule has 1 aromatic heterocycles. The Hall–Kier alpha value is -2.65. The lowest BCUT2D eigenvalue weighted by atomic mass is 9.96. The van der Waals surface area contributed by atoms with Gasteiger partial charge in [0.25, 0.3) is 5.91 Å². The number of thiophene rings is 1. The maximum Gasteiger partial charge on any atom is 0.306 e. The number of nitrogens with zero attached hydrogens (tertiary/aromatic N) is 1. The van der Waals surface area contributed by atoms with E-state index in [4.69, 9.17) is 4.74 Å². The normalized spacial score (nSPS) is 12.7. The Morgan fingerprint density at radius 1 is 1.19 bits per heavy atom. The molecular formula is C20H20N2O3S. The van der Waals surface area contributed by atoms with E-state index in [0.717, 1.165) is 36.8 Å². The highest BCUT2D eigenvalue weighted by Gasteiger charge is 2.22. The summed E-state index contributed by atoms with van der Waals surface area (Å²) in [6.07, 6.45) is 4.85. The SMILES string of the molecule is N#Cc1c(NC(=O)COC(=O)CCc2ccccc2)sc2c1CCCC2. The molecule has 0 unspecified atom stereocenters. The fourth-order valence-electron chi connectivity index (χ4n) is 3.04. The van der Waals surface area contributed by atoms with Crippen molar-refractivity contribution in [1.82, 2.24) is 0 Å². The maximum atomic E-state index is 12.1. The molecule has 1 aliphatic carbocycles. The molecule has 0 saturated heterocycles. The van der Waals surface area contributed by atoms with E-state index < -0.39 is 11.9 Å². The van der Waals surface area contributed by atoms with Gasteiger partial charge in [0.15, 0.2) is 6.61 Å². The Labute approximate surface area is 156 Å². The molecule has 0 aliphatic heterocycles. The molecule has 0 bridgehead atoms. The summed E-state index contributed by atoms with van der Waals surface area (Å²) in [5, 5.41) is 12.7. The minimum atomic E-state index is -0.409. The average molecular weight is 368 g/mol. The molecule has 3 rings (SSSR count). The molecule has 1 heterocycles. The fraction of sp³-hybridized carbons (Fsp3) is 0.350. The van der Waals surface area contributed by atoms with Crippen molar-refractivity contribution >= 4 is 28.2 Å². The second-order valence-electron chi connectivity index (χ2n) is 6.22. The molecule has 26 heavy (non-hydrogen) atoms. The van der Waals surface area contributed by atoms with Crippen molar-refractivity contribution in [1.29, 1.82) is 5.26 Å². The van der Waals surface area contributed by atoms with Gasteiger partial charge in [0.1, 0.15) is 11.1 Å². The Morgan fingerprint density at radius 3 is 2.73 bits per heavy atom. The third kappa shape index (κ3) is 4.50. The van der Waals surface area contributed by atoms with Gasteiger partial charge in [-0.05, 0) is 43.2 Å². The summed E-state index contributed by atoms with van der Waals surface area (Å²) in [6, 6.07) is 11.9. The van der Waals surface area contributed by atoms with Crippen molar-refractivity contribution in [2.75, 3.05) is 11.9 Å². The minimum Gasteiger partial charge on any atom is -0.456 e. The van der Waals surface area contributed by atoms with Crippen LogP contribution in [0.4, 0.5) is 5.00 Å². The first-order valence-corrected chi connectivity index (χ1v) is 9.53. The van der Waals surface area contributed by atoms with E-state index in [-0.39, 0.29) is 13.0 Å². The number of hydrogen-bond acceptors (Lipinski definition) is 5. The summed E-state index contributed by atoms with van der Waals surface area (Å²) in [7, 11) is 0. The number of fused-ring (bicyclic) bond motifs is 1. The molecule has 1 N–H and O–H groups in total. The third-order valence-corrected chi connectivity index (χ3v) is 5.57. The van der Waals surface area contributed by atoms with Crippen LogP contribution in [0, 0.1) is 11.3 Å². The summed E-state index contributed by atoms with van der Waals surface area (Å²) >= 11 is 1.46. The van der Waals surface area contributed by atoms with E-state index >= 15 is 0 Å². The number of esters is 1. The van der Waals surface area contributed by atoms with E-state index in [0.29, 0.717) is 17.0 Å². The van der Waals surface area contributed by atoms with Crippen LogP contribution in [0.25, 0.3) is 0 Å². The molecule has 0 saturated carbocycles. The van der Waals surface area contributed by atoms with Crippen molar-refractivity contribution in [3.63, 3.8) is 0 Å². The van der Waals surface area contributed by atoms with Crippen LogP contribution in [0.1, 0.15) is 40.8 Å². The maximum absolute atomic E-state index is 12.1.